The van der Waals surface area contributed by atoms with E-state index >= 15 is 0 Å². The molecule has 0 fully saturated rings. The zero-order chi connectivity index (χ0) is 18.8. The van der Waals surface area contributed by atoms with E-state index in [4.69, 9.17) is 0 Å². The third-order valence-electron chi connectivity index (χ3n) is 6.28. The molecule has 0 spiro atoms. The molecular formula is C27H26. The molecule has 0 aliphatic heterocycles. The second-order valence-electron chi connectivity index (χ2n) is 9.11. The van der Waals surface area contributed by atoms with Crippen LogP contribution in [-0.2, 0) is 6.42 Å². The maximum absolute atomic E-state index is 2.49. The Balaban J connectivity index is 1.77. The molecule has 1 atom stereocenters. The number of hydrogen-bond donors (Lipinski definition) is 0. The summed E-state index contributed by atoms with van der Waals surface area (Å²) in [6.07, 6.45) is 5.94. The van der Waals surface area contributed by atoms with Gasteiger partial charge in [0, 0.05) is 5.92 Å². The highest BCUT2D eigenvalue weighted by atomic mass is 14.3. The zero-order valence-corrected chi connectivity index (χ0v) is 16.6. The van der Waals surface area contributed by atoms with Gasteiger partial charge in [-0.05, 0) is 69.0 Å². The molecule has 0 aromatic heterocycles. The largest absolute Gasteiger partial charge is 0.0692 e. The molecule has 0 nitrogen and oxygen atoms in total. The Kier molecular flexibility index (Phi) is 3.49. The van der Waals surface area contributed by atoms with E-state index in [9.17, 15) is 0 Å². The van der Waals surface area contributed by atoms with Crippen molar-refractivity contribution in [1.29, 1.82) is 0 Å². The van der Waals surface area contributed by atoms with E-state index in [1.54, 1.807) is 0 Å². The van der Waals surface area contributed by atoms with Crippen LogP contribution in [0.4, 0.5) is 0 Å². The van der Waals surface area contributed by atoms with Gasteiger partial charge < -0.3 is 0 Å². The van der Waals surface area contributed by atoms with Crippen LogP contribution in [0.3, 0.4) is 0 Å². The Labute approximate surface area is 162 Å². The Morgan fingerprint density at radius 3 is 2.30 bits per heavy atom. The van der Waals surface area contributed by atoms with Gasteiger partial charge in [-0.15, -0.1) is 0 Å². The summed E-state index contributed by atoms with van der Waals surface area (Å²) in [7, 11) is 0. The van der Waals surface area contributed by atoms with E-state index < -0.39 is 0 Å². The fraction of sp³-hybridized carbons (Fsp3) is 0.259. The predicted octanol–water partition coefficient (Wildman–Crippen LogP) is 7.43. The Hall–Kier alpha value is -2.60. The third kappa shape index (κ3) is 2.51. The number of rotatable bonds is 1. The summed E-state index contributed by atoms with van der Waals surface area (Å²) in [5.41, 5.74) is 10.4. The van der Waals surface area contributed by atoms with Crippen LogP contribution in [0.2, 0.25) is 0 Å². The molecule has 0 radical (unpaired) electrons. The molecule has 5 rings (SSSR count). The molecule has 3 aromatic rings. The van der Waals surface area contributed by atoms with E-state index in [1.165, 1.54) is 49.7 Å². The predicted molar refractivity (Wildman–Crippen MR) is 116 cm³/mol. The molecule has 134 valence electrons. The van der Waals surface area contributed by atoms with Crippen molar-refractivity contribution in [3.05, 3.63) is 94.6 Å². The standard InChI is InChI=1S/C27H26/c1-17-13-19(27(2,3)4)15-23(17)26-16-25-20-10-6-5-9-18(20)14-24(25)21-11-7-8-12-22(21)26/h5-13,15-16,23H,14H2,1-4H3. The molecule has 3 aromatic carbocycles. The van der Waals surface area contributed by atoms with E-state index in [0.29, 0.717) is 5.92 Å². The summed E-state index contributed by atoms with van der Waals surface area (Å²) in [6, 6.07) is 20.4. The van der Waals surface area contributed by atoms with Gasteiger partial charge >= 0.3 is 0 Å². The second-order valence-corrected chi connectivity index (χ2v) is 9.11. The Morgan fingerprint density at radius 2 is 1.56 bits per heavy atom. The van der Waals surface area contributed by atoms with Crippen molar-refractivity contribution >= 4 is 10.8 Å². The quantitative estimate of drug-likeness (QED) is 0.335. The van der Waals surface area contributed by atoms with Crippen molar-refractivity contribution in [3.8, 4) is 11.1 Å². The van der Waals surface area contributed by atoms with Gasteiger partial charge in [0.05, 0.1) is 0 Å². The number of allylic oxidation sites excluding steroid dienone is 4. The molecule has 2 aliphatic rings. The summed E-state index contributed by atoms with van der Waals surface area (Å²) in [6.45, 7) is 9.21. The SMILES string of the molecule is CC1=CC(C(C)(C)C)=CC1c1cc2c(c3ccccc13)Cc1ccccc1-2. The van der Waals surface area contributed by atoms with Gasteiger partial charge in [0.2, 0.25) is 0 Å². The minimum absolute atomic E-state index is 0.190. The molecule has 0 saturated carbocycles. The average molecular weight is 351 g/mol. The topological polar surface area (TPSA) is 0 Å². The lowest BCUT2D eigenvalue weighted by molar-refractivity contribution is 0.517. The van der Waals surface area contributed by atoms with Crippen LogP contribution in [-0.4, -0.2) is 0 Å². The van der Waals surface area contributed by atoms with Crippen molar-refractivity contribution in [2.24, 2.45) is 5.41 Å². The van der Waals surface area contributed by atoms with E-state index in [1.807, 2.05) is 0 Å². The van der Waals surface area contributed by atoms with E-state index in [-0.39, 0.29) is 5.41 Å². The fourth-order valence-corrected chi connectivity index (χ4v) is 4.77. The second kappa shape index (κ2) is 5.70. The van der Waals surface area contributed by atoms with Crippen LogP contribution in [0, 0.1) is 5.41 Å². The summed E-state index contributed by atoms with van der Waals surface area (Å²) in [5.74, 6) is 0.377. The summed E-state index contributed by atoms with van der Waals surface area (Å²) < 4.78 is 0. The van der Waals surface area contributed by atoms with Crippen molar-refractivity contribution in [1.82, 2.24) is 0 Å². The van der Waals surface area contributed by atoms with Gasteiger partial charge in [-0.3, -0.25) is 0 Å². The minimum Gasteiger partial charge on any atom is -0.0692 e. The van der Waals surface area contributed by atoms with Gasteiger partial charge in [0.25, 0.3) is 0 Å². The van der Waals surface area contributed by atoms with Crippen molar-refractivity contribution in [2.75, 3.05) is 0 Å². The monoisotopic (exact) mass is 350 g/mol. The first kappa shape index (κ1) is 16.6. The summed E-state index contributed by atoms with van der Waals surface area (Å²) in [5, 5.41) is 2.83. The first-order chi connectivity index (χ1) is 12.9. The molecule has 1 unspecified atom stereocenters. The smallest absolute Gasteiger partial charge is 0.0241 e. The highest BCUT2D eigenvalue weighted by Gasteiger charge is 2.28. The summed E-state index contributed by atoms with van der Waals surface area (Å²) >= 11 is 0. The van der Waals surface area contributed by atoms with Gasteiger partial charge in [-0.1, -0.05) is 87.0 Å². The fourth-order valence-electron chi connectivity index (χ4n) is 4.77. The lowest BCUT2D eigenvalue weighted by Gasteiger charge is -2.19. The molecule has 0 heterocycles. The normalized spacial score (nSPS) is 18.3. The highest BCUT2D eigenvalue weighted by Crippen LogP contribution is 2.47. The first-order valence-corrected chi connectivity index (χ1v) is 9.97. The Morgan fingerprint density at radius 1 is 0.852 bits per heavy atom. The van der Waals surface area contributed by atoms with Gasteiger partial charge in [0.15, 0.2) is 0 Å². The maximum Gasteiger partial charge on any atom is 0.0241 e. The third-order valence-corrected chi connectivity index (χ3v) is 6.28. The van der Waals surface area contributed by atoms with Crippen molar-refractivity contribution < 1.29 is 0 Å². The molecule has 0 heteroatoms. The van der Waals surface area contributed by atoms with E-state index in [0.717, 1.165) is 6.42 Å². The Bertz CT molecular complexity index is 1130. The molecule has 0 N–H and O–H groups in total. The first-order valence-electron chi connectivity index (χ1n) is 9.97. The maximum atomic E-state index is 2.49. The van der Waals surface area contributed by atoms with Crippen LogP contribution >= 0.6 is 0 Å². The summed E-state index contributed by atoms with van der Waals surface area (Å²) in [4.78, 5) is 0. The molecule has 0 bridgehead atoms. The average Bonchev–Trinajstić information content (AvgIpc) is 3.22. The van der Waals surface area contributed by atoms with Crippen molar-refractivity contribution in [2.45, 2.75) is 40.0 Å². The van der Waals surface area contributed by atoms with Crippen LogP contribution in [0.15, 0.2) is 77.9 Å². The molecule has 2 aliphatic carbocycles. The number of fused-ring (bicyclic) bond motifs is 5. The van der Waals surface area contributed by atoms with Crippen LogP contribution in [0.25, 0.3) is 21.9 Å². The minimum atomic E-state index is 0.190. The molecular weight excluding hydrogens is 324 g/mol. The highest BCUT2D eigenvalue weighted by molar-refractivity contribution is 5.98. The number of benzene rings is 3. The van der Waals surface area contributed by atoms with Gasteiger partial charge in [-0.2, -0.15) is 0 Å². The number of hydrogen-bond acceptors (Lipinski definition) is 0. The molecule has 0 saturated heterocycles. The van der Waals surface area contributed by atoms with Gasteiger partial charge in [-0.25, -0.2) is 0 Å². The van der Waals surface area contributed by atoms with E-state index in [2.05, 4.69) is 94.4 Å². The lowest BCUT2D eigenvalue weighted by Crippen LogP contribution is -2.06. The zero-order valence-electron chi connectivity index (χ0n) is 16.6. The lowest BCUT2D eigenvalue weighted by atomic mass is 9.85. The van der Waals surface area contributed by atoms with Crippen LogP contribution in [0.5, 0.6) is 0 Å². The van der Waals surface area contributed by atoms with Crippen LogP contribution < -0.4 is 0 Å². The molecule has 0 amide bonds. The van der Waals surface area contributed by atoms with Gasteiger partial charge in [0.1, 0.15) is 0 Å². The van der Waals surface area contributed by atoms with Crippen LogP contribution in [0.1, 0.15) is 50.3 Å². The molecule has 27 heavy (non-hydrogen) atoms. The van der Waals surface area contributed by atoms with Crippen molar-refractivity contribution in [3.63, 3.8) is 0 Å².